The molecule has 1 fully saturated rings. The van der Waals surface area contributed by atoms with E-state index in [9.17, 15) is 14.4 Å². The number of hydrogen-bond donors (Lipinski definition) is 1. The van der Waals surface area contributed by atoms with Crippen LogP contribution in [0.5, 0.6) is 0 Å². The lowest BCUT2D eigenvalue weighted by Gasteiger charge is -2.13. The van der Waals surface area contributed by atoms with Crippen molar-refractivity contribution in [2.45, 2.75) is 25.5 Å². The third-order valence-electron chi connectivity index (χ3n) is 4.00. The number of hydrogen-bond acceptors (Lipinski definition) is 8. The van der Waals surface area contributed by atoms with Crippen molar-refractivity contribution >= 4 is 56.9 Å². The fourth-order valence-corrected chi connectivity index (χ4v) is 4.42. The van der Waals surface area contributed by atoms with Gasteiger partial charge in [0.05, 0.1) is 12.2 Å². The van der Waals surface area contributed by atoms with Gasteiger partial charge in [0.2, 0.25) is 16.9 Å². The number of thioether (sulfide) groups is 1. The van der Waals surface area contributed by atoms with Gasteiger partial charge in [-0.25, -0.2) is 9.78 Å². The number of amidine groups is 1. The first-order chi connectivity index (χ1) is 14.0. The number of carbonyl (C=O) groups excluding carboxylic acids is 3. The number of aliphatic imine (C=N–C) groups is 1. The molecule has 1 aromatic carbocycles. The van der Waals surface area contributed by atoms with Crippen molar-refractivity contribution in [3.8, 4) is 0 Å². The zero-order valence-electron chi connectivity index (χ0n) is 16.0. The van der Waals surface area contributed by atoms with Crippen molar-refractivity contribution < 1.29 is 19.1 Å². The van der Waals surface area contributed by atoms with Crippen LogP contribution in [-0.2, 0) is 14.3 Å². The monoisotopic (exact) mass is 432 g/mol. The number of amides is 2. The van der Waals surface area contributed by atoms with Gasteiger partial charge < -0.3 is 10.1 Å². The molecule has 2 amide bonds. The summed E-state index contributed by atoms with van der Waals surface area (Å²) in [7, 11) is 0. The Kier molecular flexibility index (Phi) is 6.99. The minimum Gasteiger partial charge on any atom is -0.462 e. The van der Waals surface area contributed by atoms with Crippen LogP contribution < -0.4 is 5.32 Å². The number of anilines is 1. The highest BCUT2D eigenvalue weighted by atomic mass is 32.2. The van der Waals surface area contributed by atoms with Crippen molar-refractivity contribution in [1.29, 1.82) is 0 Å². The van der Waals surface area contributed by atoms with E-state index >= 15 is 0 Å². The summed E-state index contributed by atoms with van der Waals surface area (Å²) in [6.45, 7) is 4.38. The van der Waals surface area contributed by atoms with Crippen LogP contribution in [0.1, 0.15) is 30.6 Å². The molecular weight excluding hydrogens is 412 g/mol. The summed E-state index contributed by atoms with van der Waals surface area (Å²) in [6, 6.07) is 6.42. The molecule has 10 heteroatoms. The molecule has 1 aliphatic rings. The van der Waals surface area contributed by atoms with Gasteiger partial charge in [-0.3, -0.25) is 14.5 Å². The zero-order chi connectivity index (χ0) is 20.8. The number of benzene rings is 1. The lowest BCUT2D eigenvalue weighted by molar-refractivity contribution is -0.128. The summed E-state index contributed by atoms with van der Waals surface area (Å²) >= 11 is 2.66. The average molecular weight is 433 g/mol. The molecule has 1 aromatic heterocycles. The lowest BCUT2D eigenvalue weighted by Crippen LogP contribution is -2.33. The summed E-state index contributed by atoms with van der Waals surface area (Å²) < 4.78 is 4.93. The van der Waals surface area contributed by atoms with E-state index in [1.54, 1.807) is 42.3 Å². The van der Waals surface area contributed by atoms with E-state index in [-0.39, 0.29) is 18.2 Å². The smallest absolute Gasteiger partial charge is 0.338 e. The van der Waals surface area contributed by atoms with Crippen molar-refractivity contribution in [2.75, 3.05) is 18.5 Å². The Balaban J connectivity index is 1.61. The maximum Gasteiger partial charge on any atom is 0.338 e. The predicted octanol–water partition coefficient (Wildman–Crippen LogP) is 3.30. The third-order valence-corrected chi connectivity index (χ3v) is 5.84. The molecule has 1 saturated heterocycles. The number of ether oxygens (including phenoxy) is 1. The molecule has 0 bridgehead atoms. The second-order valence-electron chi connectivity index (χ2n) is 5.95. The number of rotatable bonds is 7. The van der Waals surface area contributed by atoms with E-state index in [0.717, 1.165) is 0 Å². The Labute approximate surface area is 176 Å². The number of carbonyl (C=O) groups is 3. The van der Waals surface area contributed by atoms with Crippen molar-refractivity contribution in [3.05, 3.63) is 41.4 Å². The second kappa shape index (κ2) is 9.66. The van der Waals surface area contributed by atoms with E-state index in [1.807, 2.05) is 12.3 Å². The number of nitrogens with zero attached hydrogens (tertiary/aromatic N) is 3. The summed E-state index contributed by atoms with van der Waals surface area (Å²) in [5.41, 5.74) is 0.954. The first-order valence-corrected chi connectivity index (χ1v) is 10.8. The highest BCUT2D eigenvalue weighted by molar-refractivity contribution is 8.15. The molecule has 0 radical (unpaired) electrons. The summed E-state index contributed by atoms with van der Waals surface area (Å²) in [5.74, 6) is -0.836. The first-order valence-electron chi connectivity index (χ1n) is 9.05. The van der Waals surface area contributed by atoms with Crippen molar-refractivity contribution in [1.82, 2.24) is 9.88 Å². The molecule has 29 heavy (non-hydrogen) atoms. The van der Waals surface area contributed by atoms with Crippen LogP contribution in [0, 0.1) is 0 Å². The zero-order valence-corrected chi connectivity index (χ0v) is 17.6. The van der Waals surface area contributed by atoms with Gasteiger partial charge in [0.15, 0.2) is 5.17 Å². The van der Waals surface area contributed by atoms with Gasteiger partial charge in [0, 0.05) is 30.2 Å². The van der Waals surface area contributed by atoms with Gasteiger partial charge in [-0.05, 0) is 38.1 Å². The van der Waals surface area contributed by atoms with Gasteiger partial charge in [-0.1, -0.05) is 11.8 Å². The van der Waals surface area contributed by atoms with Crippen LogP contribution in [0.4, 0.5) is 10.8 Å². The van der Waals surface area contributed by atoms with E-state index in [4.69, 9.17) is 4.74 Å². The predicted molar refractivity (Wildman–Crippen MR) is 114 cm³/mol. The molecular formula is C19H20N4O4S2. The summed E-state index contributed by atoms with van der Waals surface area (Å²) in [5, 5.41) is 5.17. The average Bonchev–Trinajstić information content (AvgIpc) is 3.31. The van der Waals surface area contributed by atoms with Gasteiger partial charge >= 0.3 is 5.97 Å². The highest BCUT2D eigenvalue weighted by Crippen LogP contribution is 2.32. The summed E-state index contributed by atoms with van der Waals surface area (Å²) in [4.78, 5) is 46.8. The SMILES string of the molecule is CCOC(=O)c1ccc(NC(=O)CC2SC(=Nc3nccs3)N(CC)C2=O)cc1. The third kappa shape index (κ3) is 5.21. The van der Waals surface area contributed by atoms with Crippen LogP contribution in [0.15, 0.2) is 40.8 Å². The molecule has 1 aliphatic heterocycles. The molecule has 0 aliphatic carbocycles. The molecule has 3 rings (SSSR count). The fraction of sp³-hybridized carbons (Fsp3) is 0.316. The normalized spacial score (nSPS) is 17.6. The molecule has 0 saturated carbocycles. The first kappa shape index (κ1) is 21.0. The highest BCUT2D eigenvalue weighted by Gasteiger charge is 2.38. The maximum atomic E-state index is 12.6. The van der Waals surface area contributed by atoms with Crippen LogP contribution in [0.3, 0.4) is 0 Å². The molecule has 152 valence electrons. The number of thiazole rings is 1. The Morgan fingerprint density at radius 1 is 1.28 bits per heavy atom. The standard InChI is InChI=1S/C19H20N4O4S2/c1-3-23-16(25)14(29-19(23)22-18-20-9-10-28-18)11-15(24)21-13-7-5-12(6-8-13)17(26)27-4-2/h5-10,14H,3-4,11H2,1-2H3,(H,21,24). The number of esters is 1. The molecule has 1 N–H and O–H groups in total. The Bertz CT molecular complexity index is 913. The van der Waals surface area contributed by atoms with E-state index < -0.39 is 11.2 Å². The van der Waals surface area contributed by atoms with Crippen LogP contribution in [0.25, 0.3) is 0 Å². The lowest BCUT2D eigenvalue weighted by atomic mass is 10.2. The maximum absolute atomic E-state index is 12.6. The largest absolute Gasteiger partial charge is 0.462 e. The van der Waals surface area contributed by atoms with Gasteiger partial charge in [-0.15, -0.1) is 11.3 Å². The molecule has 1 unspecified atom stereocenters. The fourth-order valence-electron chi connectivity index (χ4n) is 2.65. The minimum absolute atomic E-state index is 0.0243. The van der Waals surface area contributed by atoms with Crippen molar-refractivity contribution in [3.63, 3.8) is 0 Å². The molecule has 2 heterocycles. The topological polar surface area (TPSA) is 101 Å². The van der Waals surface area contributed by atoms with Gasteiger partial charge in [0.1, 0.15) is 5.25 Å². The minimum atomic E-state index is -0.535. The second-order valence-corrected chi connectivity index (χ2v) is 7.99. The molecule has 8 nitrogen and oxygen atoms in total. The quantitative estimate of drug-likeness (QED) is 0.674. The van der Waals surface area contributed by atoms with Crippen molar-refractivity contribution in [2.24, 2.45) is 4.99 Å². The molecule has 0 spiro atoms. The van der Waals surface area contributed by atoms with Crippen LogP contribution in [-0.4, -0.2) is 51.2 Å². The molecule has 2 aromatic rings. The molecule has 1 atom stereocenters. The van der Waals surface area contributed by atoms with E-state index in [1.165, 1.54) is 23.1 Å². The number of nitrogens with one attached hydrogen (secondary N) is 1. The van der Waals surface area contributed by atoms with Gasteiger partial charge in [-0.2, -0.15) is 4.99 Å². The summed E-state index contributed by atoms with van der Waals surface area (Å²) in [6.07, 6.45) is 1.68. The van der Waals surface area contributed by atoms with E-state index in [0.29, 0.717) is 34.7 Å². The van der Waals surface area contributed by atoms with Crippen LogP contribution >= 0.6 is 23.1 Å². The van der Waals surface area contributed by atoms with Crippen LogP contribution in [0.2, 0.25) is 0 Å². The van der Waals surface area contributed by atoms with Gasteiger partial charge in [0.25, 0.3) is 0 Å². The number of aromatic nitrogens is 1. The Morgan fingerprint density at radius 2 is 2.03 bits per heavy atom. The Hall–Kier alpha value is -2.72. The Morgan fingerprint density at radius 3 is 2.66 bits per heavy atom. The van der Waals surface area contributed by atoms with E-state index in [2.05, 4.69) is 15.3 Å².